The van der Waals surface area contributed by atoms with Crippen LogP contribution in [0, 0.1) is 12.8 Å². The first-order valence-corrected chi connectivity index (χ1v) is 12.1. The lowest BCUT2D eigenvalue weighted by molar-refractivity contribution is -0.158. The summed E-state index contributed by atoms with van der Waals surface area (Å²) in [6.07, 6.45) is -1.93. The Labute approximate surface area is 178 Å². The number of hydrogen-bond acceptors (Lipinski definition) is 4. The molecular weight excluding hydrogens is 428 g/mol. The van der Waals surface area contributed by atoms with Crippen LogP contribution in [0.5, 0.6) is 0 Å². The predicted octanol–water partition coefficient (Wildman–Crippen LogP) is 4.98. The predicted molar refractivity (Wildman–Crippen MR) is 114 cm³/mol. The van der Waals surface area contributed by atoms with Gasteiger partial charge < -0.3 is 5.11 Å². The third-order valence-electron chi connectivity index (χ3n) is 5.81. The lowest BCUT2D eigenvalue weighted by Crippen LogP contribution is -2.45. The van der Waals surface area contributed by atoms with Gasteiger partial charge in [-0.2, -0.15) is 4.31 Å². The van der Waals surface area contributed by atoms with Crippen LogP contribution in [-0.2, 0) is 10.0 Å². The number of halogens is 2. The Morgan fingerprint density at radius 3 is 2.43 bits per heavy atom. The van der Waals surface area contributed by atoms with E-state index in [1.807, 2.05) is 18.4 Å². The van der Waals surface area contributed by atoms with Crippen LogP contribution in [0.15, 0.2) is 58.8 Å². The van der Waals surface area contributed by atoms with Gasteiger partial charge in [0.1, 0.15) is 6.10 Å². The van der Waals surface area contributed by atoms with Gasteiger partial charge in [-0.1, -0.05) is 23.8 Å². The Kier molecular flexibility index (Phi) is 5.69. The van der Waals surface area contributed by atoms with Crippen molar-refractivity contribution in [1.29, 1.82) is 0 Å². The van der Waals surface area contributed by atoms with Gasteiger partial charge in [-0.25, -0.2) is 17.2 Å². The molecular formula is C22H23F2NO3S2. The largest absolute Gasteiger partial charge is 0.382 e. The van der Waals surface area contributed by atoms with Gasteiger partial charge in [-0.3, -0.25) is 0 Å². The maximum Gasteiger partial charge on any atom is 0.280 e. The van der Waals surface area contributed by atoms with Crippen molar-refractivity contribution >= 4 is 31.4 Å². The second-order valence-corrected chi connectivity index (χ2v) is 10.7. The zero-order chi connectivity index (χ0) is 21.5. The van der Waals surface area contributed by atoms with Crippen LogP contribution in [-0.4, -0.2) is 36.8 Å². The van der Waals surface area contributed by atoms with Crippen LogP contribution >= 0.6 is 11.3 Å². The summed E-state index contributed by atoms with van der Waals surface area (Å²) in [6, 6.07) is 13.2. The molecule has 30 heavy (non-hydrogen) atoms. The van der Waals surface area contributed by atoms with Gasteiger partial charge in [0.15, 0.2) is 0 Å². The van der Waals surface area contributed by atoms with Crippen molar-refractivity contribution in [2.24, 2.45) is 5.92 Å². The highest BCUT2D eigenvalue weighted by Crippen LogP contribution is 2.43. The van der Waals surface area contributed by atoms with Gasteiger partial charge in [0.05, 0.1) is 4.90 Å². The minimum absolute atomic E-state index is 0.00412. The summed E-state index contributed by atoms with van der Waals surface area (Å²) in [7, 11) is -3.71. The summed E-state index contributed by atoms with van der Waals surface area (Å²) in [5, 5.41) is 13.2. The molecule has 1 saturated heterocycles. The van der Waals surface area contributed by atoms with Crippen molar-refractivity contribution < 1.29 is 22.3 Å². The van der Waals surface area contributed by atoms with Crippen molar-refractivity contribution in [3.05, 3.63) is 65.0 Å². The number of hydrogen-bond donors (Lipinski definition) is 1. The first-order chi connectivity index (χ1) is 14.2. The fourth-order valence-corrected chi connectivity index (χ4v) is 6.18. The van der Waals surface area contributed by atoms with E-state index in [-0.39, 0.29) is 36.4 Å². The van der Waals surface area contributed by atoms with E-state index in [0.29, 0.717) is 0 Å². The topological polar surface area (TPSA) is 57.6 Å². The minimum Gasteiger partial charge on any atom is -0.382 e. The number of piperidine rings is 1. The molecule has 1 N–H and O–H groups in total. The average Bonchev–Trinajstić information content (AvgIpc) is 3.21. The van der Waals surface area contributed by atoms with Gasteiger partial charge in [0.2, 0.25) is 10.0 Å². The number of alkyl halides is 2. The molecule has 3 aromatic rings. The number of aliphatic hydroxyl groups is 1. The van der Waals surface area contributed by atoms with E-state index < -0.39 is 28.0 Å². The summed E-state index contributed by atoms with van der Waals surface area (Å²) in [5.41, 5.74) is 1.13. The maximum atomic E-state index is 15.1. The number of fused-ring (bicyclic) bond motifs is 1. The van der Waals surface area contributed by atoms with E-state index in [0.717, 1.165) is 15.6 Å². The molecule has 1 atom stereocenters. The standard InChI is InChI=1S/C22H23F2NO3S2/c1-15-2-5-19(6-3-15)30(27,28)25-11-8-18(9-12-25)22(23,24)21(26)17-4-7-20-16(14-17)10-13-29-20/h2-7,10,13-14,18,21,26H,8-9,11-12H2,1H3. The Morgan fingerprint density at radius 2 is 1.77 bits per heavy atom. The smallest absolute Gasteiger partial charge is 0.280 e. The fraction of sp³-hybridized carbons (Fsp3) is 0.364. The van der Waals surface area contributed by atoms with Crippen LogP contribution in [0.3, 0.4) is 0 Å². The first kappa shape index (κ1) is 21.4. The number of sulfonamides is 1. The molecule has 0 amide bonds. The highest BCUT2D eigenvalue weighted by Gasteiger charge is 2.48. The minimum atomic E-state index is -3.71. The molecule has 0 radical (unpaired) electrons. The van der Waals surface area contributed by atoms with Gasteiger partial charge in [-0.05, 0) is 66.4 Å². The molecule has 1 aliphatic rings. The van der Waals surface area contributed by atoms with Gasteiger partial charge in [0, 0.05) is 23.7 Å². The van der Waals surface area contributed by atoms with Gasteiger partial charge >= 0.3 is 0 Å². The van der Waals surface area contributed by atoms with E-state index in [9.17, 15) is 13.5 Å². The second kappa shape index (κ2) is 8.00. The summed E-state index contributed by atoms with van der Waals surface area (Å²) in [5.74, 6) is -4.43. The van der Waals surface area contributed by atoms with Crippen molar-refractivity contribution in [2.45, 2.75) is 36.7 Å². The van der Waals surface area contributed by atoms with Crippen molar-refractivity contribution in [1.82, 2.24) is 4.31 Å². The summed E-state index contributed by atoms with van der Waals surface area (Å²) in [6.45, 7) is 1.88. The zero-order valence-corrected chi connectivity index (χ0v) is 18.1. The lowest BCUT2D eigenvalue weighted by atomic mass is 9.85. The van der Waals surface area contributed by atoms with E-state index in [4.69, 9.17) is 0 Å². The number of aryl methyl sites for hydroxylation is 1. The summed E-state index contributed by atoms with van der Waals surface area (Å²) >= 11 is 1.51. The monoisotopic (exact) mass is 451 g/mol. The molecule has 4 rings (SSSR count). The fourth-order valence-electron chi connectivity index (χ4n) is 3.94. The second-order valence-electron chi connectivity index (χ2n) is 7.79. The lowest BCUT2D eigenvalue weighted by Gasteiger charge is -2.37. The zero-order valence-electron chi connectivity index (χ0n) is 16.5. The SMILES string of the molecule is Cc1ccc(S(=O)(=O)N2CCC(C(F)(F)C(O)c3ccc4sccc4c3)CC2)cc1. The molecule has 1 fully saturated rings. The molecule has 0 bridgehead atoms. The Hall–Kier alpha value is -1.87. The Morgan fingerprint density at radius 1 is 1.10 bits per heavy atom. The average molecular weight is 452 g/mol. The molecule has 1 aliphatic heterocycles. The van der Waals surface area contributed by atoms with E-state index in [1.54, 1.807) is 24.3 Å². The number of benzene rings is 2. The number of nitrogens with zero attached hydrogens (tertiary/aromatic N) is 1. The summed E-state index contributed by atoms with van der Waals surface area (Å²) < 4.78 is 58.0. The van der Waals surface area contributed by atoms with Crippen molar-refractivity contribution in [2.75, 3.05) is 13.1 Å². The van der Waals surface area contributed by atoms with Crippen molar-refractivity contribution in [3.8, 4) is 0 Å². The number of rotatable bonds is 5. The van der Waals surface area contributed by atoms with Crippen LogP contribution in [0.2, 0.25) is 0 Å². The maximum absolute atomic E-state index is 15.1. The molecule has 0 spiro atoms. The van der Waals surface area contributed by atoms with E-state index in [1.165, 1.54) is 33.8 Å². The highest BCUT2D eigenvalue weighted by molar-refractivity contribution is 7.89. The third-order valence-corrected chi connectivity index (χ3v) is 8.62. The van der Waals surface area contributed by atoms with Crippen molar-refractivity contribution in [3.63, 3.8) is 0 Å². The van der Waals surface area contributed by atoms with E-state index >= 15 is 8.78 Å². The molecule has 1 unspecified atom stereocenters. The highest BCUT2D eigenvalue weighted by atomic mass is 32.2. The quantitative estimate of drug-likeness (QED) is 0.595. The van der Waals surface area contributed by atoms with Gasteiger partial charge in [0.25, 0.3) is 5.92 Å². The van der Waals surface area contributed by atoms with Crippen LogP contribution in [0.25, 0.3) is 10.1 Å². The molecule has 2 heterocycles. The molecule has 8 heteroatoms. The molecule has 1 aromatic heterocycles. The Balaban J connectivity index is 1.47. The Bertz CT molecular complexity index is 1130. The molecule has 0 saturated carbocycles. The third kappa shape index (κ3) is 3.89. The number of thiophene rings is 1. The van der Waals surface area contributed by atoms with Gasteiger partial charge in [-0.15, -0.1) is 11.3 Å². The van der Waals surface area contributed by atoms with Crippen LogP contribution in [0.1, 0.15) is 30.1 Å². The van der Waals surface area contributed by atoms with Crippen LogP contribution < -0.4 is 0 Å². The van der Waals surface area contributed by atoms with E-state index in [2.05, 4.69) is 0 Å². The molecule has 160 valence electrons. The molecule has 0 aliphatic carbocycles. The molecule has 2 aromatic carbocycles. The normalized spacial score (nSPS) is 18.0. The molecule has 4 nitrogen and oxygen atoms in total. The first-order valence-electron chi connectivity index (χ1n) is 9.79. The van der Waals surface area contributed by atoms with Crippen LogP contribution in [0.4, 0.5) is 8.78 Å². The summed E-state index contributed by atoms with van der Waals surface area (Å²) in [4.78, 5) is 0.169. The number of aliphatic hydroxyl groups excluding tert-OH is 1.